The van der Waals surface area contributed by atoms with Gasteiger partial charge in [0.15, 0.2) is 5.78 Å². The van der Waals surface area contributed by atoms with Crippen molar-refractivity contribution in [2.75, 3.05) is 11.4 Å². The van der Waals surface area contributed by atoms with Crippen LogP contribution >= 0.6 is 34.4 Å². The van der Waals surface area contributed by atoms with E-state index in [0.29, 0.717) is 0 Å². The van der Waals surface area contributed by atoms with Gasteiger partial charge in [-0.15, -0.1) is 0 Å². The third-order valence-electron chi connectivity index (χ3n) is 3.34. The standard InChI is InChI=1S/C17H14INOS/c1-2-19-14-5-3-4-6-16(14)21-17(19)11-15(20)12-7-9-13(18)10-8-12/h3-11H,2H2,1H3/b17-11-. The minimum absolute atomic E-state index is 0.0557. The summed E-state index contributed by atoms with van der Waals surface area (Å²) in [6.45, 7) is 2.96. The second-order valence-electron chi connectivity index (χ2n) is 4.67. The summed E-state index contributed by atoms with van der Waals surface area (Å²) in [5, 5.41) is 1.00. The van der Waals surface area contributed by atoms with Crippen LogP contribution in [-0.4, -0.2) is 12.3 Å². The predicted molar refractivity (Wildman–Crippen MR) is 96.9 cm³/mol. The van der Waals surface area contributed by atoms with E-state index in [1.165, 1.54) is 10.6 Å². The van der Waals surface area contributed by atoms with Crippen LogP contribution in [0.5, 0.6) is 0 Å². The highest BCUT2D eigenvalue weighted by atomic mass is 127. The van der Waals surface area contributed by atoms with Gasteiger partial charge in [0.1, 0.15) is 0 Å². The van der Waals surface area contributed by atoms with E-state index >= 15 is 0 Å². The second-order valence-corrected chi connectivity index (χ2v) is 6.98. The summed E-state index contributed by atoms with van der Waals surface area (Å²) in [6.07, 6.45) is 1.75. The van der Waals surface area contributed by atoms with Crippen molar-refractivity contribution in [1.82, 2.24) is 0 Å². The summed E-state index contributed by atoms with van der Waals surface area (Å²) < 4.78 is 1.13. The summed E-state index contributed by atoms with van der Waals surface area (Å²) in [7, 11) is 0. The highest BCUT2D eigenvalue weighted by molar-refractivity contribution is 14.1. The molecule has 0 aliphatic carbocycles. The Labute approximate surface area is 142 Å². The monoisotopic (exact) mass is 407 g/mol. The van der Waals surface area contributed by atoms with Crippen molar-refractivity contribution in [1.29, 1.82) is 0 Å². The van der Waals surface area contributed by atoms with Crippen LogP contribution in [0.4, 0.5) is 5.69 Å². The maximum Gasteiger partial charge on any atom is 0.188 e. The second kappa shape index (κ2) is 6.23. The van der Waals surface area contributed by atoms with Gasteiger partial charge in [-0.2, -0.15) is 0 Å². The molecule has 0 N–H and O–H groups in total. The average Bonchev–Trinajstić information content (AvgIpc) is 2.84. The quantitative estimate of drug-likeness (QED) is 0.408. The van der Waals surface area contributed by atoms with E-state index in [-0.39, 0.29) is 5.78 Å². The van der Waals surface area contributed by atoms with Crippen molar-refractivity contribution in [3.63, 3.8) is 0 Å². The zero-order valence-electron chi connectivity index (χ0n) is 11.5. The highest BCUT2D eigenvalue weighted by Crippen LogP contribution is 2.45. The minimum atomic E-state index is 0.0557. The molecule has 0 unspecified atom stereocenters. The van der Waals surface area contributed by atoms with Gasteiger partial charge in [-0.1, -0.05) is 36.0 Å². The number of hydrogen-bond donors (Lipinski definition) is 0. The lowest BCUT2D eigenvalue weighted by Crippen LogP contribution is -2.17. The fourth-order valence-electron chi connectivity index (χ4n) is 2.30. The van der Waals surface area contributed by atoms with Crippen molar-refractivity contribution in [3.05, 3.63) is 68.8 Å². The molecule has 4 heteroatoms. The zero-order valence-corrected chi connectivity index (χ0v) is 14.5. The Balaban J connectivity index is 1.90. The molecule has 0 aromatic heterocycles. The van der Waals surface area contributed by atoms with Crippen LogP contribution in [-0.2, 0) is 0 Å². The number of fused-ring (bicyclic) bond motifs is 1. The molecule has 0 saturated carbocycles. The number of para-hydroxylation sites is 1. The molecule has 3 rings (SSSR count). The lowest BCUT2D eigenvalue weighted by molar-refractivity contribution is 0.104. The fourth-order valence-corrected chi connectivity index (χ4v) is 3.81. The van der Waals surface area contributed by atoms with Gasteiger partial charge >= 0.3 is 0 Å². The molecule has 106 valence electrons. The molecule has 2 aromatic carbocycles. The lowest BCUT2D eigenvalue weighted by Gasteiger charge is -2.17. The molecule has 1 aliphatic rings. The first-order valence-electron chi connectivity index (χ1n) is 6.75. The summed E-state index contributed by atoms with van der Waals surface area (Å²) in [4.78, 5) is 15.8. The Hall–Kier alpha value is -1.27. The van der Waals surface area contributed by atoms with Gasteiger partial charge < -0.3 is 4.90 Å². The smallest absolute Gasteiger partial charge is 0.188 e. The van der Waals surface area contributed by atoms with Crippen LogP contribution in [0.2, 0.25) is 0 Å². The molecule has 0 spiro atoms. The SMILES string of the molecule is CCN1/C(=C/C(=O)c2ccc(I)cc2)Sc2ccccc21. The largest absolute Gasteiger partial charge is 0.335 e. The number of hydrogen-bond acceptors (Lipinski definition) is 3. The van der Waals surface area contributed by atoms with Crippen LogP contribution in [0.15, 0.2) is 64.5 Å². The Morgan fingerprint density at radius 3 is 2.62 bits per heavy atom. The topological polar surface area (TPSA) is 20.3 Å². The van der Waals surface area contributed by atoms with Gasteiger partial charge in [0, 0.05) is 26.6 Å². The van der Waals surface area contributed by atoms with Gasteiger partial charge in [-0.3, -0.25) is 4.79 Å². The molecule has 21 heavy (non-hydrogen) atoms. The van der Waals surface area contributed by atoms with Crippen LogP contribution in [0, 0.1) is 3.57 Å². The first-order valence-corrected chi connectivity index (χ1v) is 8.64. The number of rotatable bonds is 3. The fraction of sp³-hybridized carbons (Fsp3) is 0.118. The first-order chi connectivity index (χ1) is 10.2. The van der Waals surface area contributed by atoms with E-state index in [2.05, 4.69) is 46.5 Å². The van der Waals surface area contributed by atoms with Gasteiger partial charge in [0.25, 0.3) is 0 Å². The number of benzene rings is 2. The molecule has 0 amide bonds. The van der Waals surface area contributed by atoms with Gasteiger partial charge in [-0.25, -0.2) is 0 Å². The highest BCUT2D eigenvalue weighted by Gasteiger charge is 2.24. The number of ketones is 1. The van der Waals surface area contributed by atoms with Crippen LogP contribution in [0.3, 0.4) is 0 Å². The summed E-state index contributed by atoms with van der Waals surface area (Å²) >= 11 is 3.90. The molecule has 0 fully saturated rings. The summed E-state index contributed by atoms with van der Waals surface area (Å²) in [5.41, 5.74) is 1.92. The molecular formula is C17H14INOS. The lowest BCUT2D eigenvalue weighted by atomic mass is 10.1. The van der Waals surface area contributed by atoms with Crippen molar-refractivity contribution in [2.24, 2.45) is 0 Å². The van der Waals surface area contributed by atoms with E-state index < -0.39 is 0 Å². The molecule has 2 aromatic rings. The van der Waals surface area contributed by atoms with E-state index in [1.807, 2.05) is 36.4 Å². The number of nitrogens with zero attached hydrogens (tertiary/aromatic N) is 1. The molecular weight excluding hydrogens is 393 g/mol. The van der Waals surface area contributed by atoms with E-state index in [4.69, 9.17) is 0 Å². The summed E-state index contributed by atoms with van der Waals surface area (Å²) in [5.74, 6) is 0.0557. The zero-order chi connectivity index (χ0) is 14.8. The Morgan fingerprint density at radius 1 is 1.19 bits per heavy atom. The number of halogens is 1. The van der Waals surface area contributed by atoms with E-state index in [0.717, 1.165) is 20.7 Å². The average molecular weight is 407 g/mol. The van der Waals surface area contributed by atoms with Gasteiger partial charge in [0.2, 0.25) is 0 Å². The maximum atomic E-state index is 12.4. The van der Waals surface area contributed by atoms with Crippen molar-refractivity contribution >= 4 is 45.8 Å². The number of carbonyl (C=O) groups excluding carboxylic acids is 1. The van der Waals surface area contributed by atoms with Crippen LogP contribution in [0.1, 0.15) is 17.3 Å². The van der Waals surface area contributed by atoms with Gasteiger partial charge in [0.05, 0.1) is 10.7 Å². The third kappa shape index (κ3) is 3.01. The van der Waals surface area contributed by atoms with Crippen LogP contribution < -0.4 is 4.90 Å². The summed E-state index contributed by atoms with van der Waals surface area (Å²) in [6, 6.07) is 15.9. The molecule has 0 saturated heterocycles. The number of carbonyl (C=O) groups is 1. The van der Waals surface area contributed by atoms with Crippen molar-refractivity contribution in [3.8, 4) is 0 Å². The third-order valence-corrected chi connectivity index (χ3v) is 5.17. The van der Waals surface area contributed by atoms with Crippen molar-refractivity contribution in [2.45, 2.75) is 11.8 Å². The van der Waals surface area contributed by atoms with E-state index in [1.54, 1.807) is 17.8 Å². The molecule has 2 nitrogen and oxygen atoms in total. The minimum Gasteiger partial charge on any atom is -0.335 e. The van der Waals surface area contributed by atoms with E-state index in [9.17, 15) is 4.79 Å². The van der Waals surface area contributed by atoms with Crippen LogP contribution in [0.25, 0.3) is 0 Å². The first kappa shape index (κ1) is 14.7. The Kier molecular flexibility index (Phi) is 4.35. The molecule has 0 atom stereocenters. The van der Waals surface area contributed by atoms with Crippen molar-refractivity contribution < 1.29 is 4.79 Å². The molecule has 1 aliphatic heterocycles. The molecule has 1 heterocycles. The Bertz CT molecular complexity index is 709. The normalized spacial score (nSPS) is 15.3. The Morgan fingerprint density at radius 2 is 1.90 bits per heavy atom. The molecule has 0 radical (unpaired) electrons. The van der Waals surface area contributed by atoms with Gasteiger partial charge in [-0.05, 0) is 53.8 Å². The molecule has 0 bridgehead atoms. The maximum absolute atomic E-state index is 12.4. The number of allylic oxidation sites excluding steroid dienone is 1. The predicted octanol–water partition coefficient (Wildman–Crippen LogP) is 4.95. The number of anilines is 1. The number of thioether (sulfide) groups is 1.